The summed E-state index contributed by atoms with van der Waals surface area (Å²) in [7, 11) is 0. The summed E-state index contributed by atoms with van der Waals surface area (Å²) in [6.45, 7) is 6.62. The molecule has 1 aliphatic rings. The van der Waals surface area contributed by atoms with Gasteiger partial charge in [0.25, 0.3) is 0 Å². The van der Waals surface area contributed by atoms with Gasteiger partial charge in [0.05, 0.1) is 0 Å². The number of aromatic hydroxyl groups is 2. The van der Waals surface area contributed by atoms with Crippen LogP contribution in [-0.2, 0) is 12.8 Å². The summed E-state index contributed by atoms with van der Waals surface area (Å²) in [6.07, 6.45) is 6.78. The number of rotatable bonds is 5. The highest BCUT2D eigenvalue weighted by Gasteiger charge is 2.23. The van der Waals surface area contributed by atoms with Crippen molar-refractivity contribution in [3.8, 4) is 11.5 Å². The number of hydrogen-bond donors (Lipinski definition) is 2. The summed E-state index contributed by atoms with van der Waals surface area (Å²) < 4.78 is 0. The van der Waals surface area contributed by atoms with Crippen LogP contribution in [0.4, 0.5) is 0 Å². The Balaban J connectivity index is 2.17. The second-order valence-electron chi connectivity index (χ2n) is 5.81. The van der Waals surface area contributed by atoms with Gasteiger partial charge in [-0.15, -0.1) is 0 Å². The molecular weight excluding hydrogens is 250 g/mol. The monoisotopic (exact) mass is 277 g/mol. The molecule has 0 saturated carbocycles. The van der Waals surface area contributed by atoms with Gasteiger partial charge in [-0.05, 0) is 56.8 Å². The smallest absolute Gasteiger partial charge is 0.160 e. The van der Waals surface area contributed by atoms with Crippen LogP contribution in [0.5, 0.6) is 11.5 Å². The van der Waals surface area contributed by atoms with Crippen LogP contribution in [0.15, 0.2) is 12.1 Å². The molecule has 0 radical (unpaired) electrons. The van der Waals surface area contributed by atoms with Gasteiger partial charge in [0.1, 0.15) is 0 Å². The van der Waals surface area contributed by atoms with Crippen LogP contribution in [0.2, 0.25) is 0 Å². The van der Waals surface area contributed by atoms with Crippen molar-refractivity contribution in [3.05, 3.63) is 23.3 Å². The van der Waals surface area contributed by atoms with E-state index in [9.17, 15) is 10.2 Å². The van der Waals surface area contributed by atoms with Crippen LogP contribution in [0, 0.1) is 0 Å². The SMILES string of the molecule is CCCN1CCCC[C@H]1Cc1ccc(O)c(O)c1CC. The lowest BCUT2D eigenvalue weighted by atomic mass is 9.92. The van der Waals surface area contributed by atoms with E-state index in [1.807, 2.05) is 13.0 Å². The first-order valence-corrected chi connectivity index (χ1v) is 7.94. The van der Waals surface area contributed by atoms with E-state index in [1.165, 1.54) is 37.8 Å². The van der Waals surface area contributed by atoms with Crippen molar-refractivity contribution in [1.82, 2.24) is 4.90 Å². The summed E-state index contributed by atoms with van der Waals surface area (Å²) in [6, 6.07) is 4.18. The second kappa shape index (κ2) is 6.98. The summed E-state index contributed by atoms with van der Waals surface area (Å²) in [5.74, 6) is 0.0718. The molecule has 1 aromatic carbocycles. The number of benzene rings is 1. The van der Waals surface area contributed by atoms with E-state index in [0.29, 0.717) is 6.04 Å². The van der Waals surface area contributed by atoms with E-state index in [1.54, 1.807) is 6.07 Å². The Morgan fingerprint density at radius 3 is 2.70 bits per heavy atom. The molecule has 0 amide bonds. The fourth-order valence-electron chi connectivity index (χ4n) is 3.38. The molecule has 1 fully saturated rings. The van der Waals surface area contributed by atoms with Gasteiger partial charge in [0.15, 0.2) is 11.5 Å². The van der Waals surface area contributed by atoms with Crippen LogP contribution in [0.25, 0.3) is 0 Å². The van der Waals surface area contributed by atoms with Crippen LogP contribution in [0.3, 0.4) is 0 Å². The van der Waals surface area contributed by atoms with Crippen molar-refractivity contribution in [1.29, 1.82) is 0 Å². The van der Waals surface area contributed by atoms with Gasteiger partial charge in [-0.25, -0.2) is 0 Å². The molecule has 1 saturated heterocycles. The highest BCUT2D eigenvalue weighted by Crippen LogP contribution is 2.33. The molecule has 0 bridgehead atoms. The Kier molecular flexibility index (Phi) is 5.30. The maximum Gasteiger partial charge on any atom is 0.160 e. The molecular formula is C17H27NO2. The first kappa shape index (κ1) is 15.2. The van der Waals surface area contributed by atoms with Gasteiger partial charge in [-0.2, -0.15) is 0 Å². The van der Waals surface area contributed by atoms with E-state index in [2.05, 4.69) is 11.8 Å². The van der Waals surface area contributed by atoms with Gasteiger partial charge in [0.2, 0.25) is 0 Å². The third-order valence-corrected chi connectivity index (χ3v) is 4.43. The maximum atomic E-state index is 10.0. The molecule has 1 aromatic rings. The van der Waals surface area contributed by atoms with E-state index in [0.717, 1.165) is 24.9 Å². The van der Waals surface area contributed by atoms with Crippen molar-refractivity contribution in [2.45, 2.75) is 58.4 Å². The average Bonchev–Trinajstić information content (AvgIpc) is 2.45. The predicted octanol–water partition coefficient (Wildman–Crippen LogP) is 3.47. The average molecular weight is 277 g/mol. The first-order chi connectivity index (χ1) is 9.67. The normalized spacial score (nSPS) is 20.2. The van der Waals surface area contributed by atoms with Crippen molar-refractivity contribution >= 4 is 0 Å². The lowest BCUT2D eigenvalue weighted by Gasteiger charge is -2.36. The number of phenolic OH excluding ortho intramolecular Hbond substituents is 2. The fraction of sp³-hybridized carbons (Fsp3) is 0.647. The molecule has 1 atom stereocenters. The Morgan fingerprint density at radius 2 is 2.00 bits per heavy atom. The third kappa shape index (κ3) is 3.26. The molecule has 20 heavy (non-hydrogen) atoms. The molecule has 2 rings (SSSR count). The number of phenols is 2. The van der Waals surface area contributed by atoms with E-state index in [4.69, 9.17) is 0 Å². The molecule has 0 unspecified atom stereocenters. The van der Waals surface area contributed by atoms with E-state index < -0.39 is 0 Å². The van der Waals surface area contributed by atoms with Gasteiger partial charge in [0, 0.05) is 11.6 Å². The number of hydrogen-bond acceptors (Lipinski definition) is 3. The number of nitrogens with zero attached hydrogens (tertiary/aromatic N) is 1. The highest BCUT2D eigenvalue weighted by atomic mass is 16.3. The van der Waals surface area contributed by atoms with Crippen LogP contribution < -0.4 is 0 Å². The van der Waals surface area contributed by atoms with Crippen molar-refractivity contribution in [2.24, 2.45) is 0 Å². The summed E-state index contributed by atoms with van der Waals surface area (Å²) in [4.78, 5) is 2.59. The highest BCUT2D eigenvalue weighted by molar-refractivity contribution is 5.49. The fourth-order valence-corrected chi connectivity index (χ4v) is 3.38. The van der Waals surface area contributed by atoms with Gasteiger partial charge in [-0.1, -0.05) is 26.3 Å². The Bertz CT molecular complexity index is 443. The predicted molar refractivity (Wildman–Crippen MR) is 82.4 cm³/mol. The molecule has 3 heteroatoms. The minimum absolute atomic E-state index is 0.000316. The third-order valence-electron chi connectivity index (χ3n) is 4.43. The molecule has 0 aliphatic carbocycles. The second-order valence-corrected chi connectivity index (χ2v) is 5.81. The molecule has 112 valence electrons. The molecule has 0 spiro atoms. The minimum atomic E-state index is -0.000316. The topological polar surface area (TPSA) is 43.7 Å². The summed E-state index contributed by atoms with van der Waals surface area (Å²) in [5.41, 5.74) is 2.10. The Labute approximate surface area is 122 Å². The molecule has 2 N–H and O–H groups in total. The minimum Gasteiger partial charge on any atom is -0.504 e. The van der Waals surface area contributed by atoms with Crippen LogP contribution in [-0.4, -0.2) is 34.2 Å². The lowest BCUT2D eigenvalue weighted by Crippen LogP contribution is -2.41. The molecule has 1 aliphatic heterocycles. The standard InChI is InChI=1S/C17H27NO2/c1-3-10-18-11-6-5-7-14(18)12-13-8-9-16(19)17(20)15(13)4-2/h8-9,14,19-20H,3-7,10-12H2,1-2H3/t14-/m0/s1. The zero-order chi connectivity index (χ0) is 14.5. The number of likely N-dealkylation sites (tertiary alicyclic amines) is 1. The maximum absolute atomic E-state index is 10.0. The van der Waals surface area contributed by atoms with Crippen molar-refractivity contribution < 1.29 is 10.2 Å². The van der Waals surface area contributed by atoms with Crippen LogP contribution >= 0.6 is 0 Å². The zero-order valence-electron chi connectivity index (χ0n) is 12.7. The molecule has 0 aromatic heterocycles. The largest absolute Gasteiger partial charge is 0.504 e. The van der Waals surface area contributed by atoms with Gasteiger partial charge in [-0.3, -0.25) is 0 Å². The zero-order valence-corrected chi connectivity index (χ0v) is 12.7. The van der Waals surface area contributed by atoms with Crippen LogP contribution in [0.1, 0.15) is 50.7 Å². The summed E-state index contributed by atoms with van der Waals surface area (Å²) in [5, 5.41) is 19.7. The number of piperidine rings is 1. The van der Waals surface area contributed by atoms with Crippen molar-refractivity contribution in [2.75, 3.05) is 13.1 Å². The van der Waals surface area contributed by atoms with Gasteiger partial charge >= 0.3 is 0 Å². The Hall–Kier alpha value is -1.22. The summed E-state index contributed by atoms with van der Waals surface area (Å²) >= 11 is 0. The van der Waals surface area contributed by atoms with E-state index >= 15 is 0 Å². The quantitative estimate of drug-likeness (QED) is 0.810. The molecule has 1 heterocycles. The molecule has 3 nitrogen and oxygen atoms in total. The Morgan fingerprint density at radius 1 is 1.20 bits per heavy atom. The van der Waals surface area contributed by atoms with E-state index in [-0.39, 0.29) is 11.5 Å². The lowest BCUT2D eigenvalue weighted by molar-refractivity contribution is 0.147. The van der Waals surface area contributed by atoms with Crippen molar-refractivity contribution in [3.63, 3.8) is 0 Å². The van der Waals surface area contributed by atoms with Gasteiger partial charge < -0.3 is 15.1 Å². The first-order valence-electron chi connectivity index (χ1n) is 7.94.